The molecular weight excluding hydrogens is 212 g/mol. The van der Waals surface area contributed by atoms with Crippen molar-refractivity contribution in [3.8, 4) is 0 Å². The highest BCUT2D eigenvalue weighted by molar-refractivity contribution is 5.19. The summed E-state index contributed by atoms with van der Waals surface area (Å²) in [5, 5.41) is 4.21. The Morgan fingerprint density at radius 2 is 1.94 bits per heavy atom. The summed E-state index contributed by atoms with van der Waals surface area (Å²) in [7, 11) is 0. The maximum Gasteiger partial charge on any atom is 0.138 e. The molecule has 0 aliphatic carbocycles. The summed E-state index contributed by atoms with van der Waals surface area (Å²) in [6.07, 6.45) is 2.30. The predicted octanol–water partition coefficient (Wildman–Crippen LogP) is 2.10. The van der Waals surface area contributed by atoms with E-state index in [1.165, 1.54) is 0 Å². The van der Waals surface area contributed by atoms with Crippen LogP contribution in [0, 0.1) is 0 Å². The normalized spacial score (nSPS) is 12.9. The number of hydrogen-bond acceptors (Lipinski definition) is 3. The summed E-state index contributed by atoms with van der Waals surface area (Å²) in [6, 6.07) is 10.4. The van der Waals surface area contributed by atoms with E-state index in [2.05, 4.69) is 23.9 Å². The van der Waals surface area contributed by atoms with E-state index in [0.29, 0.717) is 12.5 Å². The topological polar surface area (TPSA) is 56.7 Å². The minimum absolute atomic E-state index is 0.0297. The molecule has 1 unspecified atom stereocenters. The fourth-order valence-corrected chi connectivity index (χ4v) is 1.87. The first-order valence-electron chi connectivity index (χ1n) is 5.87. The van der Waals surface area contributed by atoms with Crippen molar-refractivity contribution >= 4 is 0 Å². The molecule has 2 N–H and O–H groups in total. The molecule has 0 fully saturated rings. The molecule has 1 atom stereocenters. The molecule has 90 valence electrons. The Morgan fingerprint density at radius 3 is 2.59 bits per heavy atom. The van der Waals surface area contributed by atoms with Crippen molar-refractivity contribution in [1.82, 2.24) is 14.8 Å². The molecule has 1 aromatic carbocycles. The number of benzene rings is 1. The molecule has 0 spiro atoms. The standard InChI is InChI=1S/C13H18N4/c1-10(2)17-13(15-9-16-17)8-12(14)11-6-4-3-5-7-11/h3-7,9-10,12H,8,14H2,1-2H3. The summed E-state index contributed by atoms with van der Waals surface area (Å²) >= 11 is 0. The van der Waals surface area contributed by atoms with Gasteiger partial charge in [-0.25, -0.2) is 9.67 Å². The van der Waals surface area contributed by atoms with E-state index in [0.717, 1.165) is 11.4 Å². The van der Waals surface area contributed by atoms with Gasteiger partial charge in [0.25, 0.3) is 0 Å². The van der Waals surface area contributed by atoms with Crippen molar-refractivity contribution < 1.29 is 0 Å². The lowest BCUT2D eigenvalue weighted by atomic mass is 10.0. The molecule has 0 aliphatic rings. The molecule has 0 bridgehead atoms. The largest absolute Gasteiger partial charge is 0.324 e. The van der Waals surface area contributed by atoms with E-state index in [9.17, 15) is 0 Å². The average Bonchev–Trinajstić information content (AvgIpc) is 2.78. The van der Waals surface area contributed by atoms with Crippen molar-refractivity contribution in [3.63, 3.8) is 0 Å². The molecular formula is C13H18N4. The lowest BCUT2D eigenvalue weighted by Crippen LogP contribution is -2.17. The molecule has 0 aliphatic heterocycles. The van der Waals surface area contributed by atoms with Crippen LogP contribution in [0.25, 0.3) is 0 Å². The maximum absolute atomic E-state index is 6.17. The lowest BCUT2D eigenvalue weighted by molar-refractivity contribution is 0.493. The van der Waals surface area contributed by atoms with Gasteiger partial charge in [-0.15, -0.1) is 0 Å². The highest BCUT2D eigenvalue weighted by atomic mass is 15.3. The molecule has 4 nitrogen and oxygen atoms in total. The number of rotatable bonds is 4. The fourth-order valence-electron chi connectivity index (χ4n) is 1.87. The van der Waals surface area contributed by atoms with Gasteiger partial charge >= 0.3 is 0 Å². The minimum Gasteiger partial charge on any atom is -0.324 e. The second-order valence-corrected chi connectivity index (χ2v) is 4.44. The molecule has 2 rings (SSSR count). The molecule has 0 radical (unpaired) electrons. The van der Waals surface area contributed by atoms with Gasteiger partial charge in [-0.3, -0.25) is 0 Å². The van der Waals surface area contributed by atoms with Crippen molar-refractivity contribution in [1.29, 1.82) is 0 Å². The fraction of sp³-hybridized carbons (Fsp3) is 0.385. The lowest BCUT2D eigenvalue weighted by Gasteiger charge is -2.14. The van der Waals surface area contributed by atoms with Crippen molar-refractivity contribution in [2.75, 3.05) is 0 Å². The zero-order chi connectivity index (χ0) is 12.3. The van der Waals surface area contributed by atoms with Crippen LogP contribution in [0.4, 0.5) is 0 Å². The third-order valence-electron chi connectivity index (χ3n) is 2.77. The molecule has 4 heteroatoms. The molecule has 0 amide bonds. The second kappa shape index (κ2) is 5.10. The van der Waals surface area contributed by atoms with Crippen LogP contribution in [0.15, 0.2) is 36.7 Å². The molecule has 1 aromatic heterocycles. The zero-order valence-corrected chi connectivity index (χ0v) is 10.2. The van der Waals surface area contributed by atoms with Gasteiger partial charge in [0.05, 0.1) is 0 Å². The van der Waals surface area contributed by atoms with Gasteiger partial charge in [-0.2, -0.15) is 5.10 Å². The summed E-state index contributed by atoms with van der Waals surface area (Å²) in [6.45, 7) is 4.18. The summed E-state index contributed by atoms with van der Waals surface area (Å²) in [5.41, 5.74) is 7.30. The SMILES string of the molecule is CC(C)n1ncnc1CC(N)c1ccccc1. The van der Waals surface area contributed by atoms with Gasteiger partial charge in [0, 0.05) is 18.5 Å². The minimum atomic E-state index is -0.0297. The Morgan fingerprint density at radius 1 is 1.24 bits per heavy atom. The zero-order valence-electron chi connectivity index (χ0n) is 10.2. The highest BCUT2D eigenvalue weighted by Gasteiger charge is 2.13. The van der Waals surface area contributed by atoms with Crippen LogP contribution in [0.1, 0.15) is 37.3 Å². The summed E-state index contributed by atoms with van der Waals surface area (Å²) in [4.78, 5) is 4.27. The van der Waals surface area contributed by atoms with Crippen LogP contribution in [-0.2, 0) is 6.42 Å². The van der Waals surface area contributed by atoms with E-state index in [-0.39, 0.29) is 6.04 Å². The first kappa shape index (κ1) is 11.8. The first-order valence-corrected chi connectivity index (χ1v) is 5.87. The Kier molecular flexibility index (Phi) is 3.54. The van der Waals surface area contributed by atoms with E-state index in [1.54, 1.807) is 6.33 Å². The van der Waals surface area contributed by atoms with Gasteiger partial charge in [0.15, 0.2) is 0 Å². The van der Waals surface area contributed by atoms with Crippen LogP contribution in [-0.4, -0.2) is 14.8 Å². The van der Waals surface area contributed by atoms with Gasteiger partial charge in [0.1, 0.15) is 12.2 Å². The predicted molar refractivity (Wildman–Crippen MR) is 67.5 cm³/mol. The van der Waals surface area contributed by atoms with Crippen molar-refractivity contribution in [2.24, 2.45) is 5.73 Å². The van der Waals surface area contributed by atoms with Gasteiger partial charge in [0.2, 0.25) is 0 Å². The third-order valence-corrected chi connectivity index (χ3v) is 2.77. The Bertz CT molecular complexity index is 461. The Balaban J connectivity index is 2.13. The monoisotopic (exact) mass is 230 g/mol. The van der Waals surface area contributed by atoms with Crippen LogP contribution in [0.2, 0.25) is 0 Å². The molecule has 17 heavy (non-hydrogen) atoms. The Hall–Kier alpha value is -1.68. The van der Waals surface area contributed by atoms with Crippen LogP contribution < -0.4 is 5.73 Å². The van der Waals surface area contributed by atoms with Gasteiger partial charge in [-0.1, -0.05) is 30.3 Å². The molecule has 0 saturated heterocycles. The van der Waals surface area contributed by atoms with E-state index in [1.807, 2.05) is 35.0 Å². The van der Waals surface area contributed by atoms with Crippen molar-refractivity contribution in [2.45, 2.75) is 32.4 Å². The first-order chi connectivity index (χ1) is 8.18. The smallest absolute Gasteiger partial charge is 0.138 e. The highest BCUT2D eigenvalue weighted by Crippen LogP contribution is 2.15. The average molecular weight is 230 g/mol. The molecule has 1 heterocycles. The van der Waals surface area contributed by atoms with Crippen LogP contribution in [0.3, 0.4) is 0 Å². The van der Waals surface area contributed by atoms with E-state index < -0.39 is 0 Å². The summed E-state index contributed by atoms with van der Waals surface area (Å²) < 4.78 is 1.92. The third kappa shape index (κ3) is 2.71. The van der Waals surface area contributed by atoms with Crippen LogP contribution >= 0.6 is 0 Å². The number of nitrogens with two attached hydrogens (primary N) is 1. The van der Waals surface area contributed by atoms with E-state index in [4.69, 9.17) is 5.73 Å². The second-order valence-electron chi connectivity index (χ2n) is 4.44. The van der Waals surface area contributed by atoms with Gasteiger partial charge < -0.3 is 5.73 Å². The quantitative estimate of drug-likeness (QED) is 0.875. The molecule has 2 aromatic rings. The Labute approximate surface area is 101 Å². The van der Waals surface area contributed by atoms with E-state index >= 15 is 0 Å². The number of aromatic nitrogens is 3. The molecule has 0 saturated carbocycles. The summed E-state index contributed by atoms with van der Waals surface area (Å²) in [5.74, 6) is 0.941. The number of nitrogens with zero attached hydrogens (tertiary/aromatic N) is 3. The van der Waals surface area contributed by atoms with Crippen molar-refractivity contribution in [3.05, 3.63) is 48.0 Å². The van der Waals surface area contributed by atoms with Crippen LogP contribution in [0.5, 0.6) is 0 Å². The maximum atomic E-state index is 6.17. The number of hydrogen-bond donors (Lipinski definition) is 1. The van der Waals surface area contributed by atoms with Gasteiger partial charge in [-0.05, 0) is 19.4 Å².